The molecule has 2 heterocycles. The Kier molecular flexibility index (Phi) is 3.40. The molecule has 0 amide bonds. The van der Waals surface area contributed by atoms with Crippen LogP contribution in [0.1, 0.15) is 5.56 Å². The maximum Gasteiger partial charge on any atom is 0.416 e. The molecule has 3 rings (SSSR count). The Morgan fingerprint density at radius 2 is 2.00 bits per heavy atom. The third kappa shape index (κ3) is 2.45. The van der Waals surface area contributed by atoms with Crippen molar-refractivity contribution in [3.8, 4) is 11.3 Å². The van der Waals surface area contributed by atoms with Crippen molar-refractivity contribution in [1.82, 2.24) is 19.6 Å². The first kappa shape index (κ1) is 14.6. The van der Waals surface area contributed by atoms with Crippen LogP contribution in [0, 0.1) is 0 Å². The number of fused-ring (bicyclic) bond motifs is 1. The van der Waals surface area contributed by atoms with Crippen molar-refractivity contribution in [1.29, 1.82) is 0 Å². The molecular formula is C13H9ClF3N5. The van der Waals surface area contributed by atoms with E-state index in [9.17, 15) is 13.2 Å². The molecule has 0 saturated carbocycles. The Hall–Kier alpha value is -2.35. The maximum atomic E-state index is 12.7. The molecule has 3 aromatic rings. The van der Waals surface area contributed by atoms with Gasteiger partial charge >= 0.3 is 6.18 Å². The van der Waals surface area contributed by atoms with Gasteiger partial charge in [0.15, 0.2) is 0 Å². The topological polar surface area (TPSA) is 55.1 Å². The van der Waals surface area contributed by atoms with Gasteiger partial charge in [-0.15, -0.1) is 0 Å². The standard InChI is InChI=1S/C13H9ClF3N5/c1-18-11-5-10(22-12(21-11)19-6-20-22)8-3-2-7(4-9(8)14)13(15,16)17/h2-6H,1H3,(H,18,19,20,21). The van der Waals surface area contributed by atoms with Crippen LogP contribution in [-0.2, 0) is 6.18 Å². The molecule has 114 valence electrons. The summed E-state index contributed by atoms with van der Waals surface area (Å²) in [7, 11) is 1.67. The molecule has 0 radical (unpaired) electrons. The number of rotatable bonds is 2. The lowest BCUT2D eigenvalue weighted by Gasteiger charge is -2.11. The number of alkyl halides is 3. The van der Waals surface area contributed by atoms with E-state index < -0.39 is 11.7 Å². The van der Waals surface area contributed by atoms with Crippen LogP contribution in [0.4, 0.5) is 19.0 Å². The predicted octanol–water partition coefficient (Wildman–Crippen LogP) is 3.51. The highest BCUT2D eigenvalue weighted by atomic mass is 35.5. The van der Waals surface area contributed by atoms with E-state index in [1.807, 2.05) is 0 Å². The number of aromatic nitrogens is 4. The van der Waals surface area contributed by atoms with Crippen molar-refractivity contribution in [3.05, 3.63) is 41.2 Å². The summed E-state index contributed by atoms with van der Waals surface area (Å²) >= 11 is 6.03. The molecule has 0 spiro atoms. The van der Waals surface area contributed by atoms with Crippen LogP contribution < -0.4 is 5.32 Å². The highest BCUT2D eigenvalue weighted by Gasteiger charge is 2.31. The largest absolute Gasteiger partial charge is 0.416 e. The van der Waals surface area contributed by atoms with Gasteiger partial charge in [0.2, 0.25) is 0 Å². The van der Waals surface area contributed by atoms with Crippen LogP contribution in [0.5, 0.6) is 0 Å². The minimum absolute atomic E-state index is 0.0279. The van der Waals surface area contributed by atoms with E-state index in [0.29, 0.717) is 22.9 Å². The molecule has 9 heteroatoms. The van der Waals surface area contributed by atoms with Gasteiger partial charge in [0.25, 0.3) is 5.78 Å². The van der Waals surface area contributed by atoms with Gasteiger partial charge in [0, 0.05) is 18.7 Å². The number of hydrogen-bond acceptors (Lipinski definition) is 4. The normalized spacial score (nSPS) is 11.9. The number of hydrogen-bond donors (Lipinski definition) is 1. The molecule has 22 heavy (non-hydrogen) atoms. The summed E-state index contributed by atoms with van der Waals surface area (Å²) in [4.78, 5) is 8.16. The summed E-state index contributed by atoms with van der Waals surface area (Å²) in [6.07, 6.45) is -3.14. The first-order valence-electron chi connectivity index (χ1n) is 6.16. The second kappa shape index (κ2) is 5.13. The molecule has 0 aliphatic heterocycles. The van der Waals surface area contributed by atoms with E-state index in [-0.39, 0.29) is 5.02 Å². The van der Waals surface area contributed by atoms with Crippen molar-refractivity contribution in [2.24, 2.45) is 0 Å². The Morgan fingerprint density at radius 1 is 1.23 bits per heavy atom. The molecule has 2 aromatic heterocycles. The quantitative estimate of drug-likeness (QED) is 0.782. The smallest absolute Gasteiger partial charge is 0.373 e. The van der Waals surface area contributed by atoms with Crippen LogP contribution in [0.25, 0.3) is 17.0 Å². The van der Waals surface area contributed by atoms with Crippen molar-refractivity contribution in [2.45, 2.75) is 6.18 Å². The lowest BCUT2D eigenvalue weighted by Crippen LogP contribution is -2.05. The highest BCUT2D eigenvalue weighted by Crippen LogP contribution is 2.35. The van der Waals surface area contributed by atoms with E-state index in [0.717, 1.165) is 12.1 Å². The lowest BCUT2D eigenvalue weighted by molar-refractivity contribution is -0.137. The first-order valence-corrected chi connectivity index (χ1v) is 6.53. The van der Waals surface area contributed by atoms with Gasteiger partial charge in [-0.2, -0.15) is 32.8 Å². The van der Waals surface area contributed by atoms with Gasteiger partial charge in [-0.3, -0.25) is 0 Å². The van der Waals surface area contributed by atoms with Crippen LogP contribution >= 0.6 is 11.6 Å². The number of benzene rings is 1. The Bertz CT molecular complexity index is 843. The molecular weight excluding hydrogens is 319 g/mol. The Morgan fingerprint density at radius 3 is 2.64 bits per heavy atom. The average molecular weight is 328 g/mol. The SMILES string of the molecule is CNc1cc(-c2ccc(C(F)(F)F)cc2Cl)n2ncnc2n1. The summed E-state index contributed by atoms with van der Waals surface area (Å²) in [6, 6.07) is 4.81. The van der Waals surface area contributed by atoms with E-state index in [2.05, 4.69) is 20.4 Å². The fourth-order valence-electron chi connectivity index (χ4n) is 2.03. The molecule has 5 nitrogen and oxygen atoms in total. The first-order chi connectivity index (χ1) is 10.4. The number of halogens is 4. The molecule has 0 atom stereocenters. The fourth-order valence-corrected chi connectivity index (χ4v) is 2.31. The molecule has 0 saturated heterocycles. The Balaban J connectivity index is 2.21. The van der Waals surface area contributed by atoms with E-state index in [1.165, 1.54) is 16.9 Å². The number of anilines is 1. The summed E-state index contributed by atoms with van der Waals surface area (Å²) in [6.45, 7) is 0. The summed E-state index contributed by atoms with van der Waals surface area (Å²) in [5.74, 6) is 0.823. The average Bonchev–Trinajstić information content (AvgIpc) is 2.93. The van der Waals surface area contributed by atoms with E-state index >= 15 is 0 Å². The van der Waals surface area contributed by atoms with Crippen molar-refractivity contribution in [3.63, 3.8) is 0 Å². The van der Waals surface area contributed by atoms with Gasteiger partial charge < -0.3 is 5.32 Å². The molecule has 0 unspecified atom stereocenters. The molecule has 1 N–H and O–H groups in total. The van der Waals surface area contributed by atoms with E-state index in [1.54, 1.807) is 13.1 Å². The van der Waals surface area contributed by atoms with Gasteiger partial charge in [-0.1, -0.05) is 17.7 Å². The van der Waals surface area contributed by atoms with Crippen LogP contribution in [0.15, 0.2) is 30.6 Å². The van der Waals surface area contributed by atoms with Crippen molar-refractivity contribution in [2.75, 3.05) is 12.4 Å². The third-order valence-corrected chi connectivity index (χ3v) is 3.39. The van der Waals surface area contributed by atoms with Crippen LogP contribution in [-0.4, -0.2) is 26.6 Å². The summed E-state index contributed by atoms with van der Waals surface area (Å²) in [5, 5.41) is 6.85. The maximum absolute atomic E-state index is 12.7. The monoisotopic (exact) mass is 327 g/mol. The second-order valence-corrected chi connectivity index (χ2v) is 4.85. The molecule has 0 aliphatic carbocycles. The van der Waals surface area contributed by atoms with Crippen molar-refractivity contribution >= 4 is 23.2 Å². The second-order valence-electron chi connectivity index (χ2n) is 4.44. The third-order valence-electron chi connectivity index (χ3n) is 3.08. The van der Waals surface area contributed by atoms with Gasteiger partial charge in [0.1, 0.15) is 12.1 Å². The zero-order chi connectivity index (χ0) is 15.9. The number of nitrogens with one attached hydrogen (secondary N) is 1. The summed E-state index contributed by atoms with van der Waals surface area (Å²) in [5.41, 5.74) is 0.0913. The Labute approximate surface area is 127 Å². The zero-order valence-electron chi connectivity index (χ0n) is 11.2. The summed E-state index contributed by atoms with van der Waals surface area (Å²) < 4.78 is 39.6. The van der Waals surface area contributed by atoms with Gasteiger partial charge in [0.05, 0.1) is 16.3 Å². The minimum Gasteiger partial charge on any atom is -0.373 e. The van der Waals surface area contributed by atoms with Crippen LogP contribution in [0.2, 0.25) is 5.02 Å². The minimum atomic E-state index is -4.45. The lowest BCUT2D eigenvalue weighted by atomic mass is 10.1. The molecule has 0 aliphatic rings. The molecule has 1 aromatic carbocycles. The fraction of sp³-hybridized carbons (Fsp3) is 0.154. The highest BCUT2D eigenvalue weighted by molar-refractivity contribution is 6.33. The van der Waals surface area contributed by atoms with Gasteiger partial charge in [-0.25, -0.2) is 0 Å². The van der Waals surface area contributed by atoms with E-state index in [4.69, 9.17) is 11.6 Å². The predicted molar refractivity (Wildman–Crippen MR) is 75.8 cm³/mol. The van der Waals surface area contributed by atoms with Crippen LogP contribution in [0.3, 0.4) is 0 Å². The molecule has 0 bridgehead atoms. The van der Waals surface area contributed by atoms with Gasteiger partial charge in [-0.05, 0) is 12.1 Å². The molecule has 0 fully saturated rings. The number of nitrogens with zero attached hydrogens (tertiary/aromatic N) is 4. The zero-order valence-corrected chi connectivity index (χ0v) is 11.9. The van der Waals surface area contributed by atoms with Crippen molar-refractivity contribution < 1.29 is 13.2 Å².